The van der Waals surface area contributed by atoms with E-state index in [0.717, 1.165) is 74.0 Å². The van der Waals surface area contributed by atoms with Crippen LogP contribution in [0.3, 0.4) is 0 Å². The molecule has 0 bridgehead atoms. The lowest BCUT2D eigenvalue weighted by Gasteiger charge is -2.36. The van der Waals surface area contributed by atoms with Gasteiger partial charge in [-0.25, -0.2) is 9.97 Å². The number of furan rings is 1. The van der Waals surface area contributed by atoms with Crippen molar-refractivity contribution in [2.45, 2.75) is 37.5 Å². The van der Waals surface area contributed by atoms with Gasteiger partial charge in [0.25, 0.3) is 0 Å². The number of hydrogen-bond donors (Lipinski definition) is 0. The molecule has 0 unspecified atom stereocenters. The van der Waals surface area contributed by atoms with Gasteiger partial charge < -0.3 is 4.42 Å². The van der Waals surface area contributed by atoms with Gasteiger partial charge in [0.1, 0.15) is 11.2 Å². The zero-order valence-electron chi connectivity index (χ0n) is 28.1. The predicted molar refractivity (Wildman–Crippen MR) is 205 cm³/mol. The minimum atomic E-state index is 0.0169. The summed E-state index contributed by atoms with van der Waals surface area (Å²) >= 11 is 0. The second-order valence-electron chi connectivity index (χ2n) is 14.0. The van der Waals surface area contributed by atoms with Gasteiger partial charge in [0.15, 0.2) is 5.82 Å². The highest BCUT2D eigenvalue weighted by Gasteiger charge is 2.43. The Morgan fingerprint density at radius 1 is 0.529 bits per heavy atom. The van der Waals surface area contributed by atoms with Crippen LogP contribution >= 0.6 is 0 Å². The number of fused-ring (bicyclic) bond motifs is 8. The van der Waals surface area contributed by atoms with Crippen molar-refractivity contribution in [2.75, 3.05) is 0 Å². The summed E-state index contributed by atoms with van der Waals surface area (Å²) in [6, 6.07) is 51.0. The zero-order valence-corrected chi connectivity index (χ0v) is 28.1. The molecule has 2 heterocycles. The summed E-state index contributed by atoms with van der Waals surface area (Å²) in [5.74, 6) is 0.681. The summed E-state index contributed by atoms with van der Waals surface area (Å²) in [6.07, 6.45) is 6.04. The van der Waals surface area contributed by atoms with Crippen molar-refractivity contribution in [3.63, 3.8) is 0 Å². The molecular formula is C47H33N3O. The second-order valence-corrected chi connectivity index (χ2v) is 14.0. The third kappa shape index (κ3) is 4.73. The largest absolute Gasteiger partial charge is 0.455 e. The molecule has 1 spiro atoms. The van der Waals surface area contributed by atoms with Crippen LogP contribution in [0, 0.1) is 11.3 Å². The van der Waals surface area contributed by atoms with Crippen molar-refractivity contribution in [3.8, 4) is 62.2 Å². The highest BCUT2D eigenvalue weighted by molar-refractivity contribution is 6.10. The summed E-state index contributed by atoms with van der Waals surface area (Å²) in [5.41, 5.74) is 14.7. The zero-order chi connectivity index (χ0) is 33.9. The van der Waals surface area contributed by atoms with E-state index in [1.807, 2.05) is 42.5 Å². The van der Waals surface area contributed by atoms with Crippen LogP contribution in [0.5, 0.6) is 0 Å². The van der Waals surface area contributed by atoms with Crippen molar-refractivity contribution in [1.29, 1.82) is 5.26 Å². The SMILES string of the molecule is N#Cc1ccc2c(c1)-c1ccc(-c3ccc4oc5c(-c6cc(-c7ccccc7)nc(-c7ccccc7)n6)cccc5c4c3)cc1C21CCCCC1. The first-order valence-electron chi connectivity index (χ1n) is 17.8. The Hall–Kier alpha value is -6.31. The van der Waals surface area contributed by atoms with Gasteiger partial charge in [-0.15, -0.1) is 0 Å². The van der Waals surface area contributed by atoms with Gasteiger partial charge in [-0.2, -0.15) is 5.26 Å². The van der Waals surface area contributed by atoms with Crippen LogP contribution in [0.15, 0.2) is 144 Å². The summed E-state index contributed by atoms with van der Waals surface area (Å²) < 4.78 is 6.66. The van der Waals surface area contributed by atoms with Crippen LogP contribution in [-0.2, 0) is 5.41 Å². The van der Waals surface area contributed by atoms with Crippen molar-refractivity contribution < 1.29 is 4.42 Å². The summed E-state index contributed by atoms with van der Waals surface area (Å²) in [7, 11) is 0. The Balaban J connectivity index is 1.10. The number of nitriles is 1. The van der Waals surface area contributed by atoms with E-state index in [1.165, 1.54) is 47.1 Å². The monoisotopic (exact) mass is 655 g/mol. The third-order valence-electron chi connectivity index (χ3n) is 11.1. The Morgan fingerprint density at radius 3 is 2.08 bits per heavy atom. The Kier molecular flexibility index (Phi) is 6.76. The molecule has 0 radical (unpaired) electrons. The molecule has 2 aliphatic rings. The van der Waals surface area contributed by atoms with Crippen LogP contribution in [0.2, 0.25) is 0 Å². The molecule has 2 aliphatic carbocycles. The first-order chi connectivity index (χ1) is 25.2. The van der Waals surface area contributed by atoms with Crippen LogP contribution in [0.25, 0.3) is 78.1 Å². The highest BCUT2D eigenvalue weighted by atomic mass is 16.3. The van der Waals surface area contributed by atoms with E-state index in [4.69, 9.17) is 14.4 Å². The quantitative estimate of drug-likeness (QED) is 0.189. The average molecular weight is 656 g/mol. The number of hydrogen-bond acceptors (Lipinski definition) is 4. The molecule has 8 aromatic rings. The van der Waals surface area contributed by atoms with Crippen molar-refractivity contribution in [1.82, 2.24) is 9.97 Å². The molecule has 4 nitrogen and oxygen atoms in total. The number of rotatable bonds is 4. The van der Waals surface area contributed by atoms with Crippen molar-refractivity contribution in [2.24, 2.45) is 0 Å². The maximum absolute atomic E-state index is 9.69. The molecular weight excluding hydrogens is 623 g/mol. The Labute approximate surface area is 296 Å². The van der Waals surface area contributed by atoms with Crippen LogP contribution in [0.4, 0.5) is 0 Å². The van der Waals surface area contributed by atoms with E-state index in [-0.39, 0.29) is 5.41 Å². The molecule has 0 amide bonds. The molecule has 51 heavy (non-hydrogen) atoms. The second kappa shape index (κ2) is 11.6. The molecule has 242 valence electrons. The molecule has 0 aliphatic heterocycles. The first-order valence-corrected chi connectivity index (χ1v) is 17.8. The van der Waals surface area contributed by atoms with Gasteiger partial charge in [0, 0.05) is 32.9 Å². The molecule has 10 rings (SSSR count). The van der Waals surface area contributed by atoms with E-state index in [9.17, 15) is 5.26 Å². The fourth-order valence-corrected chi connectivity index (χ4v) is 8.69. The van der Waals surface area contributed by atoms with Gasteiger partial charge in [0.05, 0.1) is 23.0 Å². The van der Waals surface area contributed by atoms with E-state index >= 15 is 0 Å². The minimum absolute atomic E-state index is 0.0169. The number of benzene rings is 6. The number of para-hydroxylation sites is 1. The summed E-state index contributed by atoms with van der Waals surface area (Å²) in [6.45, 7) is 0. The minimum Gasteiger partial charge on any atom is -0.455 e. The molecule has 1 saturated carbocycles. The van der Waals surface area contributed by atoms with Gasteiger partial charge in [-0.05, 0) is 88.7 Å². The van der Waals surface area contributed by atoms with Crippen LogP contribution in [-0.4, -0.2) is 9.97 Å². The maximum atomic E-state index is 9.69. The third-order valence-corrected chi connectivity index (χ3v) is 11.1. The number of nitrogens with zero attached hydrogens (tertiary/aromatic N) is 3. The van der Waals surface area contributed by atoms with Gasteiger partial charge >= 0.3 is 0 Å². The van der Waals surface area contributed by atoms with E-state index in [2.05, 4.69) is 103 Å². The fraction of sp³-hybridized carbons (Fsp3) is 0.128. The number of aromatic nitrogens is 2. The highest BCUT2D eigenvalue weighted by Crippen LogP contribution is 2.56. The van der Waals surface area contributed by atoms with E-state index in [0.29, 0.717) is 5.82 Å². The Bertz CT molecular complexity index is 2620. The van der Waals surface area contributed by atoms with Crippen molar-refractivity contribution >= 4 is 21.9 Å². The van der Waals surface area contributed by atoms with E-state index < -0.39 is 0 Å². The van der Waals surface area contributed by atoms with Gasteiger partial charge in [-0.3, -0.25) is 0 Å². The average Bonchev–Trinajstić information content (AvgIpc) is 3.70. The van der Waals surface area contributed by atoms with Crippen LogP contribution < -0.4 is 0 Å². The first kappa shape index (κ1) is 29.6. The smallest absolute Gasteiger partial charge is 0.160 e. The predicted octanol–water partition coefficient (Wildman–Crippen LogP) is 12.1. The fourth-order valence-electron chi connectivity index (χ4n) is 8.69. The lowest BCUT2D eigenvalue weighted by atomic mass is 9.67. The maximum Gasteiger partial charge on any atom is 0.160 e. The van der Waals surface area contributed by atoms with Gasteiger partial charge in [0.2, 0.25) is 0 Å². The molecule has 1 fully saturated rings. The summed E-state index contributed by atoms with van der Waals surface area (Å²) in [5, 5.41) is 11.8. The molecule has 0 saturated heterocycles. The normalized spacial score (nSPS) is 14.4. The molecule has 4 heteroatoms. The molecule has 6 aromatic carbocycles. The molecule has 0 N–H and O–H groups in total. The van der Waals surface area contributed by atoms with E-state index in [1.54, 1.807) is 0 Å². The lowest BCUT2D eigenvalue weighted by molar-refractivity contribution is 0.353. The molecule has 2 aromatic heterocycles. The standard InChI is InChI=1S/C47H33N3O/c48-29-30-17-21-40-38(25-30)35-20-18-34(27-41(35)47(40)23-8-3-9-24-47)33-19-22-44-39(26-33)36-15-10-16-37(45(36)51-44)43-28-42(31-11-4-1-5-12-31)49-46(50-43)32-13-6-2-7-14-32/h1-2,4-7,10-22,25-28H,3,8-9,23-24H2. The Morgan fingerprint density at radius 2 is 1.27 bits per heavy atom. The molecule has 0 atom stereocenters. The summed E-state index contributed by atoms with van der Waals surface area (Å²) in [4.78, 5) is 10.1. The topological polar surface area (TPSA) is 62.7 Å². The van der Waals surface area contributed by atoms with Gasteiger partial charge in [-0.1, -0.05) is 116 Å². The lowest BCUT2D eigenvalue weighted by Crippen LogP contribution is -2.28. The van der Waals surface area contributed by atoms with Crippen molar-refractivity contribution in [3.05, 3.63) is 156 Å². The van der Waals surface area contributed by atoms with Crippen LogP contribution in [0.1, 0.15) is 48.8 Å².